The van der Waals surface area contributed by atoms with E-state index >= 15 is 0 Å². The van der Waals surface area contributed by atoms with E-state index < -0.39 is 24.6 Å². The normalized spacial score (nSPS) is 11.3. The van der Waals surface area contributed by atoms with Crippen molar-refractivity contribution in [2.24, 2.45) is 0 Å². The largest absolute Gasteiger partial charge is 0.493 e. The number of hydrogen-bond donors (Lipinski definition) is 4. The van der Waals surface area contributed by atoms with Gasteiger partial charge in [-0.05, 0) is 12.1 Å². The van der Waals surface area contributed by atoms with Crippen molar-refractivity contribution in [1.82, 2.24) is 5.32 Å². The van der Waals surface area contributed by atoms with Gasteiger partial charge in [-0.15, -0.1) is 0 Å². The van der Waals surface area contributed by atoms with Crippen molar-refractivity contribution < 1.29 is 29.3 Å². The first-order valence-electron chi connectivity index (χ1n) is 5.65. The van der Waals surface area contributed by atoms with Crippen LogP contribution < -0.4 is 20.1 Å². The first-order chi connectivity index (χ1) is 9.51. The summed E-state index contributed by atoms with van der Waals surface area (Å²) >= 11 is 0. The molecule has 0 heterocycles. The fourth-order valence-electron chi connectivity index (χ4n) is 1.42. The van der Waals surface area contributed by atoms with Gasteiger partial charge in [0.05, 0.1) is 20.8 Å². The zero-order valence-corrected chi connectivity index (χ0v) is 11.0. The van der Waals surface area contributed by atoms with E-state index in [0.29, 0.717) is 17.2 Å². The maximum atomic E-state index is 11.6. The van der Waals surface area contributed by atoms with Crippen LogP contribution >= 0.6 is 0 Å². The second kappa shape index (κ2) is 7.19. The van der Waals surface area contributed by atoms with Crippen LogP contribution in [0.15, 0.2) is 18.2 Å². The van der Waals surface area contributed by atoms with Crippen LogP contribution in [0.2, 0.25) is 0 Å². The molecular weight excluding hydrogens is 268 g/mol. The molecule has 1 aromatic rings. The predicted octanol–water partition coefficient (Wildman–Crippen LogP) is 0.271. The molecule has 0 spiro atoms. The zero-order chi connectivity index (χ0) is 15.1. The Hall–Kier alpha value is -2.48. The number of aliphatic hydroxyl groups excluding tert-OH is 1. The lowest BCUT2D eigenvalue weighted by atomic mass is 10.2. The van der Waals surface area contributed by atoms with Gasteiger partial charge in [-0.1, -0.05) is 0 Å². The van der Waals surface area contributed by atoms with Crippen LogP contribution in [0.3, 0.4) is 0 Å². The average Bonchev–Trinajstić information content (AvgIpc) is 2.44. The summed E-state index contributed by atoms with van der Waals surface area (Å²) < 4.78 is 10.1. The third kappa shape index (κ3) is 4.02. The Morgan fingerprint density at radius 1 is 1.25 bits per heavy atom. The number of nitrogens with one attached hydrogen (secondary N) is 2. The number of rotatable bonds is 6. The number of carboxylic acid groups (broad SMARTS) is 1. The van der Waals surface area contributed by atoms with Crippen LogP contribution in [0.5, 0.6) is 11.5 Å². The van der Waals surface area contributed by atoms with E-state index in [9.17, 15) is 9.59 Å². The number of carbonyl (C=O) groups excluding carboxylic acids is 1. The minimum atomic E-state index is -1.37. The Morgan fingerprint density at radius 2 is 1.90 bits per heavy atom. The van der Waals surface area contributed by atoms with Crippen molar-refractivity contribution in [3.63, 3.8) is 0 Å². The maximum Gasteiger partial charge on any atom is 0.328 e. The molecule has 110 valence electrons. The van der Waals surface area contributed by atoms with E-state index in [1.807, 2.05) is 0 Å². The minimum Gasteiger partial charge on any atom is -0.493 e. The number of aliphatic hydroxyl groups is 1. The lowest BCUT2D eigenvalue weighted by Crippen LogP contribution is -2.45. The van der Waals surface area contributed by atoms with Crippen LogP contribution in [0.1, 0.15) is 0 Å². The zero-order valence-electron chi connectivity index (χ0n) is 11.0. The molecule has 1 rings (SSSR count). The van der Waals surface area contributed by atoms with Gasteiger partial charge in [-0.2, -0.15) is 0 Å². The molecule has 0 saturated heterocycles. The van der Waals surface area contributed by atoms with Crippen LogP contribution in [-0.4, -0.2) is 49.1 Å². The highest BCUT2D eigenvalue weighted by atomic mass is 16.5. The number of benzene rings is 1. The number of carboxylic acids is 1. The molecule has 0 aliphatic rings. The topological polar surface area (TPSA) is 117 Å². The van der Waals surface area contributed by atoms with E-state index in [1.165, 1.54) is 20.3 Å². The average molecular weight is 284 g/mol. The van der Waals surface area contributed by atoms with Gasteiger partial charge in [-0.25, -0.2) is 9.59 Å². The molecule has 2 amide bonds. The number of urea groups is 1. The van der Waals surface area contributed by atoms with E-state index in [2.05, 4.69) is 10.6 Å². The summed E-state index contributed by atoms with van der Waals surface area (Å²) in [4.78, 5) is 22.2. The number of hydrogen-bond acceptors (Lipinski definition) is 5. The summed E-state index contributed by atoms with van der Waals surface area (Å²) in [7, 11) is 2.93. The quantitative estimate of drug-likeness (QED) is 0.595. The first-order valence-corrected chi connectivity index (χ1v) is 5.65. The van der Waals surface area contributed by atoms with Crippen LogP contribution in [0, 0.1) is 0 Å². The van der Waals surface area contributed by atoms with E-state index in [0.717, 1.165) is 0 Å². The fourth-order valence-corrected chi connectivity index (χ4v) is 1.42. The molecule has 1 aromatic carbocycles. The van der Waals surface area contributed by atoms with Gasteiger partial charge in [0.25, 0.3) is 0 Å². The van der Waals surface area contributed by atoms with Gasteiger partial charge in [0, 0.05) is 11.8 Å². The lowest BCUT2D eigenvalue weighted by molar-refractivity contribution is -0.140. The summed E-state index contributed by atoms with van der Waals surface area (Å²) in [5.74, 6) is -0.408. The molecule has 0 radical (unpaired) electrons. The highest BCUT2D eigenvalue weighted by molar-refractivity contribution is 5.92. The van der Waals surface area contributed by atoms with Crippen molar-refractivity contribution in [1.29, 1.82) is 0 Å². The molecule has 0 aliphatic carbocycles. The van der Waals surface area contributed by atoms with Crippen molar-refractivity contribution in [2.45, 2.75) is 6.04 Å². The van der Waals surface area contributed by atoms with Crippen molar-refractivity contribution in [2.75, 3.05) is 26.1 Å². The SMILES string of the molecule is COc1ccc(NC(=O)NC(CO)C(=O)O)cc1OC. The number of aliphatic carboxylic acids is 1. The highest BCUT2D eigenvalue weighted by Gasteiger charge is 2.18. The summed E-state index contributed by atoms with van der Waals surface area (Å²) in [6.45, 7) is -0.700. The van der Waals surface area contributed by atoms with E-state index in [1.54, 1.807) is 12.1 Å². The van der Waals surface area contributed by atoms with Crippen molar-refractivity contribution in [3.8, 4) is 11.5 Å². The molecule has 0 fully saturated rings. The van der Waals surface area contributed by atoms with Gasteiger partial charge in [-0.3, -0.25) is 0 Å². The van der Waals surface area contributed by atoms with Crippen LogP contribution in [-0.2, 0) is 4.79 Å². The number of amides is 2. The molecule has 20 heavy (non-hydrogen) atoms. The van der Waals surface area contributed by atoms with Gasteiger partial charge >= 0.3 is 12.0 Å². The summed E-state index contributed by atoms with van der Waals surface area (Å²) in [5, 5.41) is 22.0. The van der Waals surface area contributed by atoms with Crippen LogP contribution in [0.25, 0.3) is 0 Å². The smallest absolute Gasteiger partial charge is 0.328 e. The predicted molar refractivity (Wildman–Crippen MR) is 70.2 cm³/mol. The molecule has 8 heteroatoms. The molecule has 1 atom stereocenters. The third-order valence-electron chi connectivity index (χ3n) is 2.43. The third-order valence-corrected chi connectivity index (χ3v) is 2.43. The maximum absolute atomic E-state index is 11.6. The van der Waals surface area contributed by atoms with Gasteiger partial charge in [0.2, 0.25) is 0 Å². The second-order valence-electron chi connectivity index (χ2n) is 3.74. The monoisotopic (exact) mass is 284 g/mol. The van der Waals surface area contributed by atoms with Crippen LogP contribution in [0.4, 0.5) is 10.5 Å². The number of carbonyl (C=O) groups is 2. The first kappa shape index (κ1) is 15.6. The molecular formula is C12H16N2O6. The van der Waals surface area contributed by atoms with Gasteiger partial charge < -0.3 is 30.3 Å². The number of anilines is 1. The molecule has 0 saturated carbocycles. The van der Waals surface area contributed by atoms with Crippen molar-refractivity contribution >= 4 is 17.7 Å². The Kier molecular flexibility index (Phi) is 5.60. The molecule has 1 unspecified atom stereocenters. The van der Waals surface area contributed by atoms with E-state index in [4.69, 9.17) is 19.7 Å². The Labute approximate surface area is 115 Å². The Balaban J connectivity index is 2.73. The lowest BCUT2D eigenvalue weighted by Gasteiger charge is -2.14. The highest BCUT2D eigenvalue weighted by Crippen LogP contribution is 2.29. The summed E-state index contributed by atoms with van der Waals surface area (Å²) in [6, 6.07) is 2.56. The number of methoxy groups -OCH3 is 2. The van der Waals surface area contributed by atoms with Gasteiger partial charge in [0.1, 0.15) is 0 Å². The standard InChI is InChI=1S/C12H16N2O6/c1-19-9-4-3-7(5-10(9)20-2)13-12(18)14-8(6-15)11(16)17/h3-5,8,15H,6H2,1-2H3,(H,16,17)(H2,13,14,18). The molecule has 0 aliphatic heterocycles. The second-order valence-corrected chi connectivity index (χ2v) is 3.74. The molecule has 4 N–H and O–H groups in total. The number of ether oxygens (including phenoxy) is 2. The molecule has 8 nitrogen and oxygen atoms in total. The minimum absolute atomic E-state index is 0.391. The Bertz CT molecular complexity index is 491. The molecule has 0 bridgehead atoms. The van der Waals surface area contributed by atoms with Gasteiger partial charge in [0.15, 0.2) is 17.5 Å². The molecule has 0 aromatic heterocycles. The van der Waals surface area contributed by atoms with Crippen molar-refractivity contribution in [3.05, 3.63) is 18.2 Å². The Morgan fingerprint density at radius 3 is 2.40 bits per heavy atom. The fraction of sp³-hybridized carbons (Fsp3) is 0.333. The summed E-state index contributed by atoms with van der Waals surface area (Å²) in [5.41, 5.74) is 0.391. The van der Waals surface area contributed by atoms with E-state index in [-0.39, 0.29) is 0 Å². The summed E-state index contributed by atoms with van der Waals surface area (Å²) in [6.07, 6.45) is 0.